The number of halogens is 2. The average molecular weight is 249 g/mol. The molecule has 18 heavy (non-hydrogen) atoms. The van der Waals surface area contributed by atoms with Gasteiger partial charge in [-0.25, -0.2) is 18.7 Å². The Morgan fingerprint density at radius 2 is 2.06 bits per heavy atom. The predicted molar refractivity (Wildman–Crippen MR) is 65.9 cm³/mol. The molecule has 0 spiro atoms. The van der Waals surface area contributed by atoms with Crippen molar-refractivity contribution in [3.63, 3.8) is 0 Å². The summed E-state index contributed by atoms with van der Waals surface area (Å²) in [6, 6.07) is 5.65. The van der Waals surface area contributed by atoms with Crippen LogP contribution >= 0.6 is 0 Å². The van der Waals surface area contributed by atoms with Crippen LogP contribution in [-0.4, -0.2) is 21.9 Å². The van der Waals surface area contributed by atoms with E-state index in [2.05, 4.69) is 15.3 Å². The third kappa shape index (κ3) is 2.00. The predicted octanol–water partition coefficient (Wildman–Crippen LogP) is 3.15. The number of aryl methyl sites for hydroxylation is 1. The molecule has 2 aromatic rings. The Morgan fingerprint density at radius 1 is 1.28 bits per heavy atom. The van der Waals surface area contributed by atoms with E-state index in [9.17, 15) is 8.78 Å². The Balaban J connectivity index is 1.90. The second-order valence-electron chi connectivity index (χ2n) is 4.85. The van der Waals surface area contributed by atoms with Crippen molar-refractivity contribution in [1.29, 1.82) is 0 Å². The highest BCUT2D eigenvalue weighted by Crippen LogP contribution is 2.39. The number of alkyl halides is 2. The van der Waals surface area contributed by atoms with Gasteiger partial charge in [-0.3, -0.25) is 0 Å². The number of hydrogen-bond donors (Lipinski definition) is 1. The number of nitrogens with zero attached hydrogens (tertiary/aromatic N) is 2. The summed E-state index contributed by atoms with van der Waals surface area (Å²) >= 11 is 0. The van der Waals surface area contributed by atoms with E-state index in [-0.39, 0.29) is 18.9 Å². The topological polar surface area (TPSA) is 37.8 Å². The van der Waals surface area contributed by atoms with Gasteiger partial charge < -0.3 is 5.32 Å². The number of anilines is 1. The highest BCUT2D eigenvalue weighted by molar-refractivity contribution is 5.89. The molecule has 3 rings (SSSR count). The fourth-order valence-electron chi connectivity index (χ4n) is 2.24. The lowest BCUT2D eigenvalue weighted by atomic mass is 9.88. The molecule has 1 aromatic heterocycles. The second kappa shape index (κ2) is 3.86. The molecule has 1 fully saturated rings. The standard InChI is InChI=1S/C13H13F2N3/c1-8-2-3-11-10(4-8)12(17-7-16-11)18-9-5-13(14,15)6-9/h2-4,7,9H,5-6H2,1H3,(H,16,17,18). The maximum absolute atomic E-state index is 12.8. The molecule has 1 heterocycles. The summed E-state index contributed by atoms with van der Waals surface area (Å²) in [4.78, 5) is 8.31. The molecule has 0 unspecified atom stereocenters. The van der Waals surface area contributed by atoms with E-state index in [0.717, 1.165) is 16.5 Å². The monoisotopic (exact) mass is 249 g/mol. The Hall–Kier alpha value is -1.78. The van der Waals surface area contributed by atoms with Crippen LogP contribution < -0.4 is 5.32 Å². The fourth-order valence-corrected chi connectivity index (χ4v) is 2.24. The van der Waals surface area contributed by atoms with Gasteiger partial charge in [-0.15, -0.1) is 0 Å². The summed E-state index contributed by atoms with van der Waals surface area (Å²) in [6.07, 6.45) is 1.21. The van der Waals surface area contributed by atoms with Gasteiger partial charge in [0.1, 0.15) is 12.1 Å². The van der Waals surface area contributed by atoms with Crippen molar-refractivity contribution >= 4 is 16.7 Å². The Labute approximate surface area is 103 Å². The third-order valence-corrected chi connectivity index (χ3v) is 3.22. The first-order chi connectivity index (χ1) is 8.53. The van der Waals surface area contributed by atoms with Crippen molar-refractivity contribution in [1.82, 2.24) is 9.97 Å². The lowest BCUT2D eigenvalue weighted by Crippen LogP contribution is -2.44. The first kappa shape index (κ1) is 11.3. The molecular weight excluding hydrogens is 236 g/mol. The average Bonchev–Trinajstić information content (AvgIpc) is 2.27. The largest absolute Gasteiger partial charge is 0.366 e. The zero-order valence-corrected chi connectivity index (χ0v) is 9.95. The maximum Gasteiger partial charge on any atom is 0.252 e. The van der Waals surface area contributed by atoms with Crippen molar-refractivity contribution in [2.24, 2.45) is 0 Å². The van der Waals surface area contributed by atoms with Gasteiger partial charge in [0.15, 0.2) is 0 Å². The molecule has 0 amide bonds. The highest BCUT2D eigenvalue weighted by atomic mass is 19.3. The smallest absolute Gasteiger partial charge is 0.252 e. The zero-order valence-electron chi connectivity index (χ0n) is 9.95. The van der Waals surface area contributed by atoms with Gasteiger partial charge in [0.05, 0.1) is 5.52 Å². The van der Waals surface area contributed by atoms with Crippen LogP contribution in [0.4, 0.5) is 14.6 Å². The van der Waals surface area contributed by atoms with Crippen LogP contribution in [0.15, 0.2) is 24.5 Å². The number of fused-ring (bicyclic) bond motifs is 1. The van der Waals surface area contributed by atoms with Gasteiger partial charge in [0, 0.05) is 24.3 Å². The van der Waals surface area contributed by atoms with Crippen LogP contribution in [0.1, 0.15) is 18.4 Å². The van der Waals surface area contributed by atoms with Crippen LogP contribution in [-0.2, 0) is 0 Å². The number of hydrogen-bond acceptors (Lipinski definition) is 3. The van der Waals surface area contributed by atoms with Crippen molar-refractivity contribution in [3.05, 3.63) is 30.1 Å². The van der Waals surface area contributed by atoms with Crippen molar-refractivity contribution in [2.45, 2.75) is 31.7 Å². The number of nitrogens with one attached hydrogen (secondary N) is 1. The molecule has 0 aliphatic heterocycles. The third-order valence-electron chi connectivity index (χ3n) is 3.22. The van der Waals surface area contributed by atoms with Crippen molar-refractivity contribution in [2.75, 3.05) is 5.32 Å². The van der Waals surface area contributed by atoms with E-state index in [1.807, 2.05) is 25.1 Å². The zero-order chi connectivity index (χ0) is 12.8. The molecule has 1 aliphatic rings. The van der Waals surface area contributed by atoms with Gasteiger partial charge in [-0.2, -0.15) is 0 Å². The minimum Gasteiger partial charge on any atom is -0.366 e. The first-order valence-electron chi connectivity index (χ1n) is 5.89. The quantitative estimate of drug-likeness (QED) is 0.888. The highest BCUT2D eigenvalue weighted by Gasteiger charge is 2.45. The molecule has 1 aliphatic carbocycles. The molecule has 1 aromatic carbocycles. The molecule has 0 saturated heterocycles. The molecule has 1 saturated carbocycles. The Bertz CT molecular complexity index is 590. The molecule has 94 valence electrons. The van der Waals surface area contributed by atoms with Crippen LogP contribution in [0.3, 0.4) is 0 Å². The summed E-state index contributed by atoms with van der Waals surface area (Å²) in [6.45, 7) is 1.98. The van der Waals surface area contributed by atoms with Crippen molar-refractivity contribution in [3.8, 4) is 0 Å². The second-order valence-corrected chi connectivity index (χ2v) is 4.85. The first-order valence-corrected chi connectivity index (χ1v) is 5.89. The van der Waals surface area contributed by atoms with E-state index < -0.39 is 5.92 Å². The van der Waals surface area contributed by atoms with E-state index >= 15 is 0 Å². The van der Waals surface area contributed by atoms with Gasteiger partial charge in [0.25, 0.3) is 5.92 Å². The van der Waals surface area contributed by atoms with Crippen LogP contribution in [0.25, 0.3) is 10.9 Å². The summed E-state index contributed by atoms with van der Waals surface area (Å²) in [7, 11) is 0. The van der Waals surface area contributed by atoms with E-state index in [0.29, 0.717) is 5.82 Å². The molecule has 1 N–H and O–H groups in total. The van der Waals surface area contributed by atoms with E-state index in [1.54, 1.807) is 0 Å². The Morgan fingerprint density at radius 3 is 2.78 bits per heavy atom. The van der Waals surface area contributed by atoms with Gasteiger partial charge in [-0.05, 0) is 19.1 Å². The normalized spacial score (nSPS) is 18.6. The van der Waals surface area contributed by atoms with Crippen molar-refractivity contribution < 1.29 is 8.78 Å². The minimum absolute atomic E-state index is 0.121. The number of aromatic nitrogens is 2. The minimum atomic E-state index is -2.52. The maximum atomic E-state index is 12.8. The molecule has 0 bridgehead atoms. The summed E-state index contributed by atoms with van der Waals surface area (Å²) in [5.74, 6) is -1.87. The number of benzene rings is 1. The molecule has 0 atom stereocenters. The van der Waals surface area contributed by atoms with Gasteiger partial charge in [-0.1, -0.05) is 11.6 Å². The summed E-state index contributed by atoms with van der Waals surface area (Å²) in [5.41, 5.74) is 1.92. The van der Waals surface area contributed by atoms with Gasteiger partial charge >= 0.3 is 0 Å². The van der Waals surface area contributed by atoms with Crippen LogP contribution in [0.2, 0.25) is 0 Å². The Kier molecular flexibility index (Phi) is 2.43. The van der Waals surface area contributed by atoms with E-state index in [4.69, 9.17) is 0 Å². The lowest BCUT2D eigenvalue weighted by Gasteiger charge is -2.35. The molecule has 5 heteroatoms. The van der Waals surface area contributed by atoms with Crippen LogP contribution in [0, 0.1) is 6.92 Å². The molecular formula is C13H13F2N3. The lowest BCUT2D eigenvalue weighted by molar-refractivity contribution is -0.0793. The number of rotatable bonds is 2. The molecule has 3 nitrogen and oxygen atoms in total. The molecule has 0 radical (unpaired) electrons. The fraction of sp³-hybridized carbons (Fsp3) is 0.385. The van der Waals surface area contributed by atoms with E-state index in [1.165, 1.54) is 6.33 Å². The SMILES string of the molecule is Cc1ccc2ncnc(NC3CC(F)(F)C3)c2c1. The summed E-state index contributed by atoms with van der Waals surface area (Å²) < 4.78 is 25.6. The van der Waals surface area contributed by atoms with Gasteiger partial charge in [0.2, 0.25) is 0 Å². The summed E-state index contributed by atoms with van der Waals surface area (Å²) in [5, 5.41) is 3.96. The van der Waals surface area contributed by atoms with Crippen LogP contribution in [0.5, 0.6) is 0 Å².